The number of nitrogens with zero attached hydrogens (tertiary/aromatic N) is 5. The lowest BCUT2D eigenvalue weighted by atomic mass is 10.1. The molecule has 6 nitrogen and oxygen atoms in total. The SMILES string of the molecule is Cc1ccccc1-c1nnc(SC(C)c2nc(N)c3c(C)c(C)sc3n2)n1C. The first-order valence-electron chi connectivity index (χ1n) is 9.02. The second kappa shape index (κ2) is 7.18. The van der Waals surface area contributed by atoms with E-state index in [1.807, 2.05) is 23.7 Å². The van der Waals surface area contributed by atoms with Gasteiger partial charge in [-0.15, -0.1) is 21.5 Å². The Morgan fingerprint density at radius 3 is 2.61 bits per heavy atom. The van der Waals surface area contributed by atoms with Gasteiger partial charge in [-0.25, -0.2) is 9.97 Å². The smallest absolute Gasteiger partial charge is 0.191 e. The second-order valence-electron chi connectivity index (χ2n) is 6.87. The molecule has 3 aromatic heterocycles. The molecule has 28 heavy (non-hydrogen) atoms. The third-order valence-corrected chi connectivity index (χ3v) is 7.17. The number of nitrogens with two attached hydrogens (primary N) is 1. The third-order valence-electron chi connectivity index (χ3n) is 4.94. The van der Waals surface area contributed by atoms with Gasteiger partial charge in [-0.1, -0.05) is 36.0 Å². The largest absolute Gasteiger partial charge is 0.383 e. The summed E-state index contributed by atoms with van der Waals surface area (Å²) in [5.74, 6) is 2.12. The van der Waals surface area contributed by atoms with Crippen molar-refractivity contribution in [1.29, 1.82) is 0 Å². The topological polar surface area (TPSA) is 82.5 Å². The molecule has 4 rings (SSSR count). The number of fused-ring (bicyclic) bond motifs is 1. The fraction of sp³-hybridized carbons (Fsp3) is 0.300. The number of aryl methyl sites for hydroxylation is 3. The van der Waals surface area contributed by atoms with Gasteiger partial charge in [-0.05, 0) is 38.8 Å². The first-order valence-corrected chi connectivity index (χ1v) is 10.7. The molecule has 144 valence electrons. The standard InChI is InChI=1S/C20H22N6S2/c1-10-8-6-7-9-14(10)18-24-25-20(26(18)5)28-13(4)17-22-16(21)15-11(2)12(3)27-19(15)23-17/h6-9,13H,1-5H3,(H2,21,22,23). The van der Waals surface area contributed by atoms with E-state index in [4.69, 9.17) is 10.7 Å². The Kier molecular flexibility index (Phi) is 4.84. The highest BCUT2D eigenvalue weighted by Gasteiger charge is 2.20. The second-order valence-corrected chi connectivity index (χ2v) is 9.38. The molecule has 0 spiro atoms. The summed E-state index contributed by atoms with van der Waals surface area (Å²) in [5, 5.41) is 10.6. The van der Waals surface area contributed by atoms with E-state index in [2.05, 4.69) is 55.0 Å². The zero-order chi connectivity index (χ0) is 20.0. The van der Waals surface area contributed by atoms with Crippen molar-refractivity contribution in [2.75, 3.05) is 5.73 Å². The van der Waals surface area contributed by atoms with E-state index in [1.165, 1.54) is 16.0 Å². The quantitative estimate of drug-likeness (QED) is 0.484. The van der Waals surface area contributed by atoms with Crippen LogP contribution in [0.1, 0.15) is 34.0 Å². The highest BCUT2D eigenvalue weighted by atomic mass is 32.2. The molecule has 0 saturated carbocycles. The Morgan fingerprint density at radius 1 is 1.11 bits per heavy atom. The Morgan fingerprint density at radius 2 is 1.86 bits per heavy atom. The van der Waals surface area contributed by atoms with Crippen molar-refractivity contribution < 1.29 is 0 Å². The monoisotopic (exact) mass is 410 g/mol. The molecule has 0 aliphatic heterocycles. The summed E-state index contributed by atoms with van der Waals surface area (Å²) >= 11 is 3.25. The maximum atomic E-state index is 6.24. The summed E-state index contributed by atoms with van der Waals surface area (Å²) in [6.45, 7) is 8.31. The van der Waals surface area contributed by atoms with Crippen LogP contribution in [0.15, 0.2) is 29.4 Å². The van der Waals surface area contributed by atoms with Gasteiger partial charge in [0.15, 0.2) is 11.0 Å². The Bertz CT molecular complexity index is 1180. The normalized spacial score (nSPS) is 12.6. The molecule has 0 radical (unpaired) electrons. The Balaban J connectivity index is 1.65. The molecular weight excluding hydrogens is 388 g/mol. The van der Waals surface area contributed by atoms with Gasteiger partial charge in [0, 0.05) is 17.5 Å². The van der Waals surface area contributed by atoms with Crippen molar-refractivity contribution in [2.24, 2.45) is 7.05 Å². The maximum Gasteiger partial charge on any atom is 0.191 e. The summed E-state index contributed by atoms with van der Waals surface area (Å²) < 4.78 is 2.02. The fourth-order valence-electron chi connectivity index (χ4n) is 3.17. The van der Waals surface area contributed by atoms with Crippen LogP contribution in [-0.2, 0) is 7.05 Å². The van der Waals surface area contributed by atoms with E-state index in [9.17, 15) is 0 Å². The molecule has 1 unspecified atom stereocenters. The molecular formula is C20H22N6S2. The maximum absolute atomic E-state index is 6.24. The number of hydrogen-bond donors (Lipinski definition) is 1. The van der Waals surface area contributed by atoms with E-state index in [0.29, 0.717) is 5.82 Å². The Labute approximate surface area is 172 Å². The summed E-state index contributed by atoms with van der Waals surface area (Å²) in [4.78, 5) is 11.5. The van der Waals surface area contributed by atoms with Crippen molar-refractivity contribution in [3.8, 4) is 11.4 Å². The summed E-state index contributed by atoms with van der Waals surface area (Å²) in [5.41, 5.74) is 9.67. The van der Waals surface area contributed by atoms with Crippen LogP contribution in [0.25, 0.3) is 21.6 Å². The van der Waals surface area contributed by atoms with Gasteiger partial charge in [0.1, 0.15) is 16.5 Å². The molecule has 8 heteroatoms. The van der Waals surface area contributed by atoms with Crippen molar-refractivity contribution in [1.82, 2.24) is 24.7 Å². The molecule has 0 aliphatic rings. The molecule has 0 aliphatic carbocycles. The van der Waals surface area contributed by atoms with Gasteiger partial charge in [0.25, 0.3) is 0 Å². The molecule has 1 atom stereocenters. The average Bonchev–Trinajstić information content (AvgIpc) is 3.15. The Hall–Kier alpha value is -2.45. The lowest BCUT2D eigenvalue weighted by Crippen LogP contribution is -2.03. The van der Waals surface area contributed by atoms with Gasteiger partial charge in [0.2, 0.25) is 0 Å². The summed E-state index contributed by atoms with van der Waals surface area (Å²) in [6, 6.07) is 8.19. The van der Waals surface area contributed by atoms with Gasteiger partial charge in [-0.2, -0.15) is 0 Å². The number of thiophene rings is 1. The van der Waals surface area contributed by atoms with E-state index in [1.54, 1.807) is 23.1 Å². The fourth-order valence-corrected chi connectivity index (χ4v) is 5.07. The van der Waals surface area contributed by atoms with Crippen molar-refractivity contribution >= 4 is 39.1 Å². The molecule has 1 aromatic carbocycles. The predicted octanol–water partition coefficient (Wildman–Crippen LogP) is 4.85. The molecule has 0 bridgehead atoms. The predicted molar refractivity (Wildman–Crippen MR) is 117 cm³/mol. The number of nitrogen functional groups attached to an aromatic ring is 1. The van der Waals surface area contributed by atoms with Crippen LogP contribution in [0.2, 0.25) is 0 Å². The summed E-state index contributed by atoms with van der Waals surface area (Å²) in [6.07, 6.45) is 0. The molecule has 0 amide bonds. The van der Waals surface area contributed by atoms with Crippen LogP contribution in [0.4, 0.5) is 5.82 Å². The average molecular weight is 411 g/mol. The number of benzene rings is 1. The van der Waals surface area contributed by atoms with Gasteiger partial charge in [-0.3, -0.25) is 0 Å². The zero-order valence-corrected chi connectivity index (χ0v) is 18.1. The van der Waals surface area contributed by atoms with E-state index in [-0.39, 0.29) is 5.25 Å². The zero-order valence-electron chi connectivity index (χ0n) is 16.5. The minimum atomic E-state index is 0.00188. The first-order chi connectivity index (χ1) is 13.4. The van der Waals surface area contributed by atoms with Crippen LogP contribution in [-0.4, -0.2) is 24.7 Å². The number of anilines is 1. The number of rotatable bonds is 4. The van der Waals surface area contributed by atoms with Crippen LogP contribution >= 0.6 is 23.1 Å². The number of hydrogen-bond acceptors (Lipinski definition) is 7. The van der Waals surface area contributed by atoms with Crippen molar-refractivity contribution in [3.05, 3.63) is 46.1 Å². The highest BCUT2D eigenvalue weighted by Crippen LogP contribution is 2.37. The first kappa shape index (κ1) is 18.9. The number of aromatic nitrogens is 5. The minimum Gasteiger partial charge on any atom is -0.383 e. The minimum absolute atomic E-state index is 0.00188. The van der Waals surface area contributed by atoms with Crippen LogP contribution in [0, 0.1) is 20.8 Å². The molecule has 4 aromatic rings. The molecule has 0 fully saturated rings. The van der Waals surface area contributed by atoms with E-state index in [0.717, 1.165) is 32.6 Å². The number of thioether (sulfide) groups is 1. The van der Waals surface area contributed by atoms with E-state index >= 15 is 0 Å². The molecule has 0 saturated heterocycles. The summed E-state index contributed by atoms with van der Waals surface area (Å²) in [7, 11) is 1.99. The lowest BCUT2D eigenvalue weighted by Gasteiger charge is -2.11. The van der Waals surface area contributed by atoms with Crippen LogP contribution < -0.4 is 5.73 Å². The molecule has 3 heterocycles. The lowest BCUT2D eigenvalue weighted by molar-refractivity contribution is 0.786. The highest BCUT2D eigenvalue weighted by molar-refractivity contribution is 7.99. The van der Waals surface area contributed by atoms with E-state index < -0.39 is 0 Å². The van der Waals surface area contributed by atoms with Crippen LogP contribution in [0.5, 0.6) is 0 Å². The van der Waals surface area contributed by atoms with Gasteiger partial charge in [0.05, 0.1) is 10.6 Å². The van der Waals surface area contributed by atoms with Gasteiger partial charge >= 0.3 is 0 Å². The van der Waals surface area contributed by atoms with Crippen molar-refractivity contribution in [2.45, 2.75) is 38.1 Å². The van der Waals surface area contributed by atoms with Crippen molar-refractivity contribution in [3.63, 3.8) is 0 Å². The van der Waals surface area contributed by atoms with Gasteiger partial charge < -0.3 is 10.3 Å². The van der Waals surface area contributed by atoms with Crippen LogP contribution in [0.3, 0.4) is 0 Å². The molecule has 2 N–H and O–H groups in total. The third kappa shape index (κ3) is 3.16.